The summed E-state index contributed by atoms with van der Waals surface area (Å²) in [5.41, 5.74) is 3.77. The summed E-state index contributed by atoms with van der Waals surface area (Å²) in [6.07, 6.45) is 0.887. The van der Waals surface area contributed by atoms with Crippen LogP contribution in [0.3, 0.4) is 0 Å². The van der Waals surface area contributed by atoms with Crippen molar-refractivity contribution in [2.45, 2.75) is 13.3 Å². The van der Waals surface area contributed by atoms with Gasteiger partial charge in [0.2, 0.25) is 5.89 Å². The monoisotopic (exact) mass is 525 g/mol. The Morgan fingerprint density at radius 2 is 2.00 bits per heavy atom. The van der Waals surface area contributed by atoms with Gasteiger partial charge in [0.15, 0.2) is 10.7 Å². The number of aromatic hydroxyl groups is 1. The lowest BCUT2D eigenvalue weighted by Gasteiger charge is -2.12. The van der Waals surface area contributed by atoms with E-state index in [1.54, 1.807) is 30.3 Å². The van der Waals surface area contributed by atoms with E-state index in [1.165, 1.54) is 13.2 Å². The molecule has 0 saturated carbocycles. The second-order valence-electron chi connectivity index (χ2n) is 7.16. The molecule has 1 heterocycles. The number of phenols is 1. The van der Waals surface area contributed by atoms with Crippen molar-refractivity contribution in [1.29, 1.82) is 0 Å². The average Bonchev–Trinajstić information content (AvgIpc) is 3.23. The van der Waals surface area contributed by atoms with Crippen molar-refractivity contribution in [3.63, 3.8) is 0 Å². The van der Waals surface area contributed by atoms with Gasteiger partial charge in [0, 0.05) is 10.2 Å². The first-order valence-electron chi connectivity index (χ1n) is 10.1. The van der Waals surface area contributed by atoms with E-state index in [-0.39, 0.29) is 16.8 Å². The fraction of sp³-hybridized carbons (Fsp3) is 0.125. The standard InChI is InChI=1S/C24H20BrN3O4S/c1-3-13-4-8-21-18(10-13)27-23(32-21)16-12-15(6-7-19(16)29)26-24(33)28-22(30)17-11-14(25)5-9-20(17)31-2/h4-12,29H,3H2,1-2H3,(H2,26,28,30,33). The van der Waals surface area contributed by atoms with Crippen LogP contribution in [0.5, 0.6) is 11.5 Å². The van der Waals surface area contributed by atoms with Crippen LogP contribution >= 0.6 is 28.1 Å². The zero-order valence-corrected chi connectivity index (χ0v) is 20.2. The van der Waals surface area contributed by atoms with Crippen LogP contribution in [0, 0.1) is 0 Å². The largest absolute Gasteiger partial charge is 0.507 e. The lowest BCUT2D eigenvalue weighted by atomic mass is 10.1. The second kappa shape index (κ2) is 9.60. The fourth-order valence-electron chi connectivity index (χ4n) is 3.28. The molecular weight excluding hydrogens is 506 g/mol. The second-order valence-corrected chi connectivity index (χ2v) is 8.48. The molecule has 1 aromatic heterocycles. The molecule has 4 rings (SSSR count). The predicted octanol–water partition coefficient (Wildman–Crippen LogP) is 5.66. The van der Waals surface area contributed by atoms with E-state index in [1.807, 2.05) is 18.2 Å². The van der Waals surface area contributed by atoms with Crippen molar-refractivity contribution in [1.82, 2.24) is 10.3 Å². The fourth-order valence-corrected chi connectivity index (χ4v) is 3.86. The number of benzene rings is 3. The van der Waals surface area contributed by atoms with E-state index in [9.17, 15) is 9.90 Å². The van der Waals surface area contributed by atoms with Gasteiger partial charge in [-0.1, -0.05) is 28.9 Å². The number of aryl methyl sites for hydroxylation is 1. The molecule has 7 nitrogen and oxygen atoms in total. The van der Waals surface area contributed by atoms with Crippen molar-refractivity contribution in [3.05, 3.63) is 70.2 Å². The number of carbonyl (C=O) groups excluding carboxylic acids is 1. The van der Waals surface area contributed by atoms with E-state index in [4.69, 9.17) is 21.4 Å². The summed E-state index contributed by atoms with van der Waals surface area (Å²) in [7, 11) is 1.49. The molecule has 0 atom stereocenters. The van der Waals surface area contributed by atoms with Crippen LogP contribution in [0.25, 0.3) is 22.6 Å². The minimum Gasteiger partial charge on any atom is -0.507 e. The van der Waals surface area contributed by atoms with Gasteiger partial charge >= 0.3 is 0 Å². The molecule has 168 valence electrons. The minimum atomic E-state index is -0.421. The third kappa shape index (κ3) is 4.99. The molecule has 0 spiro atoms. The van der Waals surface area contributed by atoms with E-state index in [2.05, 4.69) is 38.5 Å². The van der Waals surface area contributed by atoms with Crippen LogP contribution in [-0.2, 0) is 6.42 Å². The van der Waals surface area contributed by atoms with Crippen LogP contribution in [0.1, 0.15) is 22.8 Å². The molecule has 0 aliphatic rings. The van der Waals surface area contributed by atoms with Gasteiger partial charge < -0.3 is 19.6 Å². The van der Waals surface area contributed by atoms with Crippen LogP contribution in [0.2, 0.25) is 0 Å². The van der Waals surface area contributed by atoms with E-state index in [0.717, 1.165) is 16.5 Å². The number of phenolic OH excluding ortho intramolecular Hbond substituents is 1. The molecule has 33 heavy (non-hydrogen) atoms. The molecule has 0 bridgehead atoms. The zero-order chi connectivity index (χ0) is 23.5. The maximum Gasteiger partial charge on any atom is 0.261 e. The molecule has 3 N–H and O–H groups in total. The number of halogens is 1. The molecule has 0 fully saturated rings. The summed E-state index contributed by atoms with van der Waals surface area (Å²) in [4.78, 5) is 17.2. The van der Waals surface area contributed by atoms with E-state index in [0.29, 0.717) is 33.7 Å². The number of fused-ring (bicyclic) bond motifs is 1. The molecule has 1 amide bonds. The number of oxazole rings is 1. The average molecular weight is 526 g/mol. The highest BCUT2D eigenvalue weighted by atomic mass is 79.9. The van der Waals surface area contributed by atoms with Gasteiger partial charge in [0.1, 0.15) is 17.0 Å². The summed E-state index contributed by atoms with van der Waals surface area (Å²) in [6.45, 7) is 2.07. The number of methoxy groups -OCH3 is 1. The Morgan fingerprint density at radius 3 is 2.76 bits per heavy atom. The summed E-state index contributed by atoms with van der Waals surface area (Å²) < 4.78 is 11.8. The first-order chi connectivity index (χ1) is 15.9. The minimum absolute atomic E-state index is 0.0108. The first kappa shape index (κ1) is 22.8. The molecule has 0 aliphatic carbocycles. The van der Waals surface area contributed by atoms with Crippen molar-refractivity contribution >= 4 is 56.0 Å². The third-order valence-corrected chi connectivity index (χ3v) is 5.68. The summed E-state index contributed by atoms with van der Waals surface area (Å²) in [5.74, 6) is 0.299. The van der Waals surface area contributed by atoms with Gasteiger partial charge in [-0.25, -0.2) is 4.98 Å². The Bertz CT molecular complexity index is 1370. The molecule has 9 heteroatoms. The summed E-state index contributed by atoms with van der Waals surface area (Å²) in [5, 5.41) is 16.0. The number of nitrogens with one attached hydrogen (secondary N) is 2. The Hall–Kier alpha value is -3.43. The number of anilines is 1. The normalized spacial score (nSPS) is 10.8. The van der Waals surface area contributed by atoms with Crippen LogP contribution in [0.4, 0.5) is 5.69 Å². The highest BCUT2D eigenvalue weighted by Gasteiger charge is 2.16. The van der Waals surface area contributed by atoms with Crippen molar-refractivity contribution in [2.75, 3.05) is 12.4 Å². The first-order valence-corrected chi connectivity index (χ1v) is 11.3. The molecular formula is C24H20BrN3O4S. The van der Waals surface area contributed by atoms with Crippen LogP contribution in [0.15, 0.2) is 63.5 Å². The SMILES string of the molecule is CCc1ccc2oc(-c3cc(NC(=S)NC(=O)c4cc(Br)ccc4OC)ccc3O)nc2c1. The van der Waals surface area contributed by atoms with E-state index >= 15 is 0 Å². The number of hydrogen-bond donors (Lipinski definition) is 3. The smallest absolute Gasteiger partial charge is 0.261 e. The molecule has 0 radical (unpaired) electrons. The third-order valence-electron chi connectivity index (χ3n) is 4.98. The number of amides is 1. The number of hydrogen-bond acceptors (Lipinski definition) is 6. The molecule has 4 aromatic rings. The Morgan fingerprint density at radius 1 is 1.18 bits per heavy atom. The highest BCUT2D eigenvalue weighted by Crippen LogP contribution is 2.33. The maximum absolute atomic E-state index is 12.7. The number of ether oxygens (including phenoxy) is 1. The van der Waals surface area contributed by atoms with Crippen LogP contribution < -0.4 is 15.4 Å². The molecule has 0 saturated heterocycles. The summed E-state index contributed by atoms with van der Waals surface area (Å²) >= 11 is 8.65. The van der Waals surface area contributed by atoms with Gasteiger partial charge in [0.25, 0.3) is 5.91 Å². The van der Waals surface area contributed by atoms with Gasteiger partial charge in [0.05, 0.1) is 18.2 Å². The Kier molecular flexibility index (Phi) is 6.62. The predicted molar refractivity (Wildman–Crippen MR) is 135 cm³/mol. The van der Waals surface area contributed by atoms with Gasteiger partial charge in [-0.05, 0) is 72.7 Å². The lowest BCUT2D eigenvalue weighted by molar-refractivity contribution is 0.0974. The highest BCUT2D eigenvalue weighted by molar-refractivity contribution is 9.10. The summed E-state index contributed by atoms with van der Waals surface area (Å²) in [6, 6.07) is 15.7. The number of thiocarbonyl (C=S) groups is 1. The topological polar surface area (TPSA) is 96.6 Å². The number of aromatic nitrogens is 1. The lowest BCUT2D eigenvalue weighted by Crippen LogP contribution is -2.34. The molecule has 0 unspecified atom stereocenters. The van der Waals surface area contributed by atoms with E-state index < -0.39 is 5.91 Å². The number of carbonyl (C=O) groups is 1. The van der Waals surface area contributed by atoms with Crippen molar-refractivity contribution < 1.29 is 19.1 Å². The van der Waals surface area contributed by atoms with Gasteiger partial charge in [-0.3, -0.25) is 10.1 Å². The van der Waals surface area contributed by atoms with Crippen molar-refractivity contribution in [3.8, 4) is 23.0 Å². The van der Waals surface area contributed by atoms with Gasteiger partial charge in [-0.15, -0.1) is 0 Å². The Balaban J connectivity index is 1.54. The van der Waals surface area contributed by atoms with Gasteiger partial charge in [-0.2, -0.15) is 0 Å². The zero-order valence-electron chi connectivity index (χ0n) is 17.8. The number of rotatable bonds is 5. The Labute approximate surface area is 203 Å². The van der Waals surface area contributed by atoms with Crippen LogP contribution in [-0.4, -0.2) is 28.2 Å². The quantitative estimate of drug-likeness (QED) is 0.228. The maximum atomic E-state index is 12.7. The molecule has 3 aromatic carbocycles. The number of nitrogens with zero attached hydrogens (tertiary/aromatic N) is 1. The van der Waals surface area contributed by atoms with Crippen molar-refractivity contribution in [2.24, 2.45) is 0 Å². The molecule has 0 aliphatic heterocycles.